The molecule has 0 saturated carbocycles. The van der Waals surface area contributed by atoms with Crippen molar-refractivity contribution in [2.45, 2.75) is 19.8 Å². The minimum atomic E-state index is 0.439. The fraction of sp³-hybridized carbons (Fsp3) is 0.188. The number of rotatable bonds is 2. The molecular weight excluding hydrogens is 396 g/mol. The lowest BCUT2D eigenvalue weighted by Crippen LogP contribution is -1.87. The average Bonchev–Trinajstić information content (AvgIpc) is 2.82. The van der Waals surface area contributed by atoms with Crippen LogP contribution in [0, 0.1) is 0 Å². The van der Waals surface area contributed by atoms with Crippen LogP contribution < -0.4 is 5.73 Å². The van der Waals surface area contributed by atoms with Crippen LogP contribution >= 0.6 is 31.9 Å². The van der Waals surface area contributed by atoms with Crippen LogP contribution in [0.2, 0.25) is 0 Å². The van der Waals surface area contributed by atoms with Crippen molar-refractivity contribution in [2.75, 3.05) is 5.73 Å². The molecule has 0 fully saturated rings. The first-order chi connectivity index (χ1) is 9.95. The fourth-order valence-electron chi connectivity index (χ4n) is 2.17. The van der Waals surface area contributed by atoms with Crippen LogP contribution in [0.15, 0.2) is 43.7 Å². The minimum absolute atomic E-state index is 0.439. The predicted molar refractivity (Wildman–Crippen MR) is 93.3 cm³/mol. The van der Waals surface area contributed by atoms with Crippen LogP contribution in [-0.4, -0.2) is 4.98 Å². The molecule has 3 aromatic rings. The van der Waals surface area contributed by atoms with Crippen molar-refractivity contribution in [1.29, 1.82) is 0 Å². The largest absolute Gasteiger partial charge is 0.435 e. The summed E-state index contributed by atoms with van der Waals surface area (Å²) in [5.74, 6) is 1.02. The molecule has 0 atom stereocenters. The summed E-state index contributed by atoms with van der Waals surface area (Å²) >= 11 is 7.07. The van der Waals surface area contributed by atoms with Gasteiger partial charge in [0, 0.05) is 10.2 Å². The molecule has 0 unspecified atom stereocenters. The number of nitrogens with two attached hydrogens (primary N) is 1. The highest BCUT2D eigenvalue weighted by atomic mass is 79.9. The number of anilines is 1. The van der Waals surface area contributed by atoms with Gasteiger partial charge in [-0.3, -0.25) is 0 Å². The van der Waals surface area contributed by atoms with Gasteiger partial charge in [0.2, 0.25) is 5.89 Å². The molecule has 108 valence electrons. The number of hydrogen-bond acceptors (Lipinski definition) is 3. The van der Waals surface area contributed by atoms with Crippen molar-refractivity contribution >= 4 is 48.6 Å². The van der Waals surface area contributed by atoms with E-state index in [1.54, 1.807) is 0 Å². The highest BCUT2D eigenvalue weighted by Gasteiger charge is 2.15. The van der Waals surface area contributed by atoms with Gasteiger partial charge in [-0.15, -0.1) is 0 Å². The maximum absolute atomic E-state index is 5.91. The monoisotopic (exact) mass is 408 g/mol. The van der Waals surface area contributed by atoms with Crippen molar-refractivity contribution in [3.8, 4) is 11.5 Å². The molecule has 2 N–H and O–H groups in total. The molecule has 0 aliphatic heterocycles. The van der Waals surface area contributed by atoms with Gasteiger partial charge in [0.15, 0.2) is 5.58 Å². The second-order valence-electron chi connectivity index (χ2n) is 5.26. The predicted octanol–water partition coefficient (Wildman–Crippen LogP) is 5.73. The Morgan fingerprint density at radius 1 is 1.10 bits per heavy atom. The molecule has 0 aliphatic carbocycles. The second kappa shape index (κ2) is 5.46. The third kappa shape index (κ3) is 2.72. The van der Waals surface area contributed by atoms with Crippen LogP contribution in [0.3, 0.4) is 0 Å². The Hall–Kier alpha value is -1.33. The second-order valence-corrected chi connectivity index (χ2v) is 6.97. The molecule has 3 rings (SSSR count). The van der Waals surface area contributed by atoms with E-state index in [2.05, 4.69) is 62.8 Å². The molecule has 21 heavy (non-hydrogen) atoms. The van der Waals surface area contributed by atoms with Crippen molar-refractivity contribution in [1.82, 2.24) is 4.98 Å². The summed E-state index contributed by atoms with van der Waals surface area (Å²) in [4.78, 5) is 4.61. The number of hydrogen-bond donors (Lipinski definition) is 1. The van der Waals surface area contributed by atoms with Crippen molar-refractivity contribution in [3.63, 3.8) is 0 Å². The first-order valence-electron chi connectivity index (χ1n) is 6.61. The number of nitrogen functional groups attached to an aromatic ring is 1. The number of aromatic nitrogens is 1. The fourth-order valence-corrected chi connectivity index (χ4v) is 3.28. The van der Waals surface area contributed by atoms with Gasteiger partial charge in [0.25, 0.3) is 0 Å². The van der Waals surface area contributed by atoms with Gasteiger partial charge >= 0.3 is 0 Å². The Balaban J connectivity index is 2.19. The van der Waals surface area contributed by atoms with Crippen LogP contribution in [0.4, 0.5) is 5.69 Å². The Morgan fingerprint density at radius 3 is 2.52 bits per heavy atom. The third-order valence-corrected chi connectivity index (χ3v) is 4.60. The molecule has 3 nitrogen and oxygen atoms in total. The summed E-state index contributed by atoms with van der Waals surface area (Å²) in [6.07, 6.45) is 0. The first-order valence-corrected chi connectivity index (χ1v) is 8.19. The summed E-state index contributed by atoms with van der Waals surface area (Å²) in [5.41, 5.74) is 10.2. The van der Waals surface area contributed by atoms with E-state index in [-0.39, 0.29) is 0 Å². The number of fused-ring (bicyclic) bond motifs is 1. The molecule has 1 heterocycles. The molecule has 0 aliphatic rings. The zero-order valence-electron chi connectivity index (χ0n) is 11.7. The minimum Gasteiger partial charge on any atom is -0.435 e. The van der Waals surface area contributed by atoms with E-state index >= 15 is 0 Å². The van der Waals surface area contributed by atoms with Crippen LogP contribution in [0.1, 0.15) is 25.3 Å². The van der Waals surface area contributed by atoms with E-state index in [0.717, 1.165) is 25.6 Å². The van der Waals surface area contributed by atoms with E-state index in [1.807, 2.05) is 18.2 Å². The summed E-state index contributed by atoms with van der Waals surface area (Å²) in [5, 5.41) is 0. The molecule has 0 amide bonds. The number of halogens is 2. The Labute approximate surface area is 139 Å². The molecule has 0 spiro atoms. The normalized spacial score (nSPS) is 11.5. The number of benzene rings is 2. The summed E-state index contributed by atoms with van der Waals surface area (Å²) in [7, 11) is 0. The Kier molecular flexibility index (Phi) is 3.80. The topological polar surface area (TPSA) is 52.0 Å². The molecule has 0 saturated heterocycles. The van der Waals surface area contributed by atoms with E-state index in [0.29, 0.717) is 17.5 Å². The van der Waals surface area contributed by atoms with Crippen molar-refractivity contribution in [3.05, 3.63) is 44.8 Å². The van der Waals surface area contributed by atoms with Crippen molar-refractivity contribution in [2.24, 2.45) is 0 Å². The lowest BCUT2D eigenvalue weighted by Gasteiger charge is -2.04. The van der Waals surface area contributed by atoms with E-state index in [9.17, 15) is 0 Å². The van der Waals surface area contributed by atoms with E-state index in [4.69, 9.17) is 10.2 Å². The lowest BCUT2D eigenvalue weighted by atomic mass is 10.0. The zero-order chi connectivity index (χ0) is 15.1. The Bertz CT molecular complexity index is 825. The summed E-state index contributed by atoms with van der Waals surface area (Å²) < 4.78 is 7.71. The molecule has 5 heteroatoms. The summed E-state index contributed by atoms with van der Waals surface area (Å²) in [6, 6.07) is 9.74. The first kappa shape index (κ1) is 14.6. The van der Waals surface area contributed by atoms with Gasteiger partial charge in [0.05, 0.1) is 10.0 Å². The highest BCUT2D eigenvalue weighted by Crippen LogP contribution is 2.35. The van der Waals surface area contributed by atoms with E-state index in [1.165, 1.54) is 5.56 Å². The third-order valence-electron chi connectivity index (χ3n) is 3.36. The summed E-state index contributed by atoms with van der Waals surface area (Å²) in [6.45, 7) is 4.32. The maximum atomic E-state index is 5.91. The SMILES string of the molecule is CC(C)c1cc(Br)c2oc(-c3ccc(N)cc3Br)nc2c1. The van der Waals surface area contributed by atoms with Gasteiger partial charge in [-0.05, 0) is 73.7 Å². The maximum Gasteiger partial charge on any atom is 0.228 e. The average molecular weight is 410 g/mol. The molecular formula is C16H14Br2N2O. The van der Waals surface area contributed by atoms with Crippen LogP contribution in [-0.2, 0) is 0 Å². The van der Waals surface area contributed by atoms with E-state index < -0.39 is 0 Å². The smallest absolute Gasteiger partial charge is 0.228 e. The molecule has 0 bridgehead atoms. The quantitative estimate of drug-likeness (QED) is 0.550. The highest BCUT2D eigenvalue weighted by molar-refractivity contribution is 9.11. The van der Waals surface area contributed by atoms with Gasteiger partial charge in [-0.2, -0.15) is 0 Å². The van der Waals surface area contributed by atoms with Gasteiger partial charge in [-0.25, -0.2) is 4.98 Å². The van der Waals surface area contributed by atoms with Crippen LogP contribution in [0.5, 0.6) is 0 Å². The standard InChI is InChI=1S/C16H14Br2N2O/c1-8(2)9-5-13(18)15-14(6-9)20-16(21-15)11-4-3-10(19)7-12(11)17/h3-8H,19H2,1-2H3. The van der Waals surface area contributed by atoms with Gasteiger partial charge in [0.1, 0.15) is 5.52 Å². The van der Waals surface area contributed by atoms with Gasteiger partial charge in [-0.1, -0.05) is 13.8 Å². The molecule has 0 radical (unpaired) electrons. The number of oxazole rings is 1. The molecule has 2 aromatic carbocycles. The van der Waals surface area contributed by atoms with Crippen LogP contribution in [0.25, 0.3) is 22.6 Å². The Morgan fingerprint density at radius 2 is 1.86 bits per heavy atom. The number of nitrogens with zero attached hydrogens (tertiary/aromatic N) is 1. The zero-order valence-corrected chi connectivity index (χ0v) is 14.8. The molecule has 1 aromatic heterocycles. The van der Waals surface area contributed by atoms with Gasteiger partial charge < -0.3 is 10.2 Å². The lowest BCUT2D eigenvalue weighted by molar-refractivity contribution is 0.617. The van der Waals surface area contributed by atoms with Crippen molar-refractivity contribution < 1.29 is 4.42 Å².